The Morgan fingerprint density at radius 3 is 2.50 bits per heavy atom. The van der Waals surface area contributed by atoms with Crippen molar-refractivity contribution in [2.45, 2.75) is 27.2 Å². The van der Waals surface area contributed by atoms with Crippen molar-refractivity contribution >= 4 is 6.21 Å². The van der Waals surface area contributed by atoms with Gasteiger partial charge in [-0.3, -0.25) is 0 Å². The second-order valence-electron chi connectivity index (χ2n) is 6.03. The van der Waals surface area contributed by atoms with Gasteiger partial charge in [-0.25, -0.2) is 0 Å². The van der Waals surface area contributed by atoms with Gasteiger partial charge in [-0.2, -0.15) is 0 Å². The van der Waals surface area contributed by atoms with Gasteiger partial charge in [0, 0.05) is 6.42 Å². The van der Waals surface area contributed by atoms with E-state index in [1.807, 2.05) is 57.2 Å². The molecule has 138 valence electrons. The molecule has 2 rings (SSSR count). The minimum Gasteiger partial charge on any atom is -0.493 e. The zero-order chi connectivity index (χ0) is 18.8. The smallest absolute Gasteiger partial charge is 0.125 e. The lowest BCUT2D eigenvalue weighted by Crippen LogP contribution is -2.05. The minimum atomic E-state index is 0.582. The van der Waals surface area contributed by atoms with Crippen LogP contribution < -0.4 is 9.47 Å². The lowest BCUT2D eigenvalue weighted by Gasteiger charge is -2.14. The van der Waals surface area contributed by atoms with Crippen LogP contribution in [-0.4, -0.2) is 26.5 Å². The van der Waals surface area contributed by atoms with E-state index in [1.165, 1.54) is 12.7 Å². The number of ether oxygens (including phenoxy) is 2. The summed E-state index contributed by atoms with van der Waals surface area (Å²) in [7, 11) is 1.54. The third kappa shape index (κ3) is 5.96. The second kappa shape index (κ2) is 10.3. The van der Waals surface area contributed by atoms with Crippen molar-refractivity contribution < 1.29 is 14.3 Å². The van der Waals surface area contributed by atoms with Crippen molar-refractivity contribution in [1.82, 2.24) is 0 Å². The molecule has 0 amide bonds. The first-order chi connectivity index (χ1) is 12.6. The Morgan fingerprint density at radius 2 is 1.81 bits per heavy atom. The summed E-state index contributed by atoms with van der Waals surface area (Å²) in [5.74, 6) is 1.80. The Bertz CT molecular complexity index is 743. The summed E-state index contributed by atoms with van der Waals surface area (Å²) in [6.45, 7) is 7.28. The molecule has 4 nitrogen and oxygen atoms in total. The molecular weight excluding hydrogens is 326 g/mol. The molecule has 0 atom stereocenters. The van der Waals surface area contributed by atoms with E-state index in [9.17, 15) is 0 Å². The number of hydrogen-bond donors (Lipinski definition) is 0. The highest BCUT2D eigenvalue weighted by Crippen LogP contribution is 2.28. The van der Waals surface area contributed by atoms with Crippen LogP contribution in [0.1, 0.15) is 29.2 Å². The highest BCUT2D eigenvalue weighted by Gasteiger charge is 2.07. The van der Waals surface area contributed by atoms with Crippen LogP contribution in [0.3, 0.4) is 0 Å². The summed E-state index contributed by atoms with van der Waals surface area (Å²) in [6.07, 6.45) is 6.49. The summed E-state index contributed by atoms with van der Waals surface area (Å²) in [5, 5.41) is 3.80. The van der Waals surface area contributed by atoms with Gasteiger partial charge in [0.15, 0.2) is 0 Å². The number of benzene rings is 2. The summed E-state index contributed by atoms with van der Waals surface area (Å²) >= 11 is 0. The average molecular weight is 353 g/mol. The number of rotatable bonds is 9. The molecule has 0 saturated heterocycles. The van der Waals surface area contributed by atoms with Crippen molar-refractivity contribution in [3.05, 3.63) is 70.8 Å². The fraction of sp³-hybridized carbons (Fsp3) is 0.318. The molecule has 26 heavy (non-hydrogen) atoms. The standard InChI is InChI=1S/C22H27NO3/c1-5-6-11-25-21-13-17(2)22(18(3)14-21)26-12-10-19-8-7-9-20(15-19)16-23-24-4/h5-9,13-16H,10-12H2,1-4H3/b6-5+,23-16+. The van der Waals surface area contributed by atoms with E-state index in [0.717, 1.165) is 34.6 Å². The molecule has 0 bridgehead atoms. The molecule has 0 aliphatic carbocycles. The van der Waals surface area contributed by atoms with Crippen LogP contribution in [-0.2, 0) is 11.3 Å². The van der Waals surface area contributed by atoms with Gasteiger partial charge in [0.25, 0.3) is 0 Å². The topological polar surface area (TPSA) is 40.0 Å². The van der Waals surface area contributed by atoms with Crippen molar-refractivity contribution in [2.75, 3.05) is 20.3 Å². The highest BCUT2D eigenvalue weighted by atomic mass is 16.6. The minimum absolute atomic E-state index is 0.582. The number of oxime groups is 1. The van der Waals surface area contributed by atoms with Gasteiger partial charge in [0.05, 0.1) is 12.8 Å². The third-order valence-electron chi connectivity index (χ3n) is 3.91. The van der Waals surface area contributed by atoms with E-state index in [2.05, 4.69) is 17.3 Å². The SMILES string of the molecule is C/C=C/COc1cc(C)c(OCCc2cccc(/C=N/OC)c2)c(C)c1. The van der Waals surface area contributed by atoms with E-state index in [0.29, 0.717) is 13.2 Å². The molecule has 0 unspecified atom stereocenters. The molecule has 0 aliphatic heterocycles. The van der Waals surface area contributed by atoms with Gasteiger partial charge in [-0.05, 0) is 61.2 Å². The zero-order valence-corrected chi connectivity index (χ0v) is 16.0. The Balaban J connectivity index is 1.96. The molecule has 0 fully saturated rings. The molecule has 0 aliphatic rings. The first kappa shape index (κ1) is 19.6. The molecular formula is C22H27NO3. The molecule has 0 aromatic heterocycles. The quantitative estimate of drug-likeness (QED) is 0.367. The lowest BCUT2D eigenvalue weighted by molar-refractivity contribution is 0.215. The van der Waals surface area contributed by atoms with Gasteiger partial charge in [0.2, 0.25) is 0 Å². The number of nitrogens with zero attached hydrogens (tertiary/aromatic N) is 1. The van der Waals surface area contributed by atoms with Gasteiger partial charge >= 0.3 is 0 Å². The van der Waals surface area contributed by atoms with Crippen LogP contribution >= 0.6 is 0 Å². The molecule has 0 radical (unpaired) electrons. The van der Waals surface area contributed by atoms with Gasteiger partial charge in [-0.1, -0.05) is 35.5 Å². The molecule has 0 saturated carbocycles. The normalized spacial score (nSPS) is 11.2. The zero-order valence-electron chi connectivity index (χ0n) is 16.0. The average Bonchev–Trinajstić information content (AvgIpc) is 2.63. The fourth-order valence-electron chi connectivity index (χ4n) is 2.68. The van der Waals surface area contributed by atoms with E-state index >= 15 is 0 Å². The maximum Gasteiger partial charge on any atom is 0.125 e. The number of hydrogen-bond acceptors (Lipinski definition) is 4. The number of allylic oxidation sites excluding steroid dienone is 1. The monoisotopic (exact) mass is 353 g/mol. The molecule has 2 aromatic carbocycles. The third-order valence-corrected chi connectivity index (χ3v) is 3.91. The summed E-state index contributed by atoms with van der Waals surface area (Å²) in [6, 6.07) is 12.2. The molecule has 2 aromatic rings. The van der Waals surface area contributed by atoms with Crippen LogP contribution in [0.2, 0.25) is 0 Å². The van der Waals surface area contributed by atoms with E-state index < -0.39 is 0 Å². The lowest BCUT2D eigenvalue weighted by atomic mass is 10.1. The van der Waals surface area contributed by atoms with Crippen LogP contribution in [0.25, 0.3) is 0 Å². The van der Waals surface area contributed by atoms with Crippen molar-refractivity contribution in [3.63, 3.8) is 0 Å². The Morgan fingerprint density at radius 1 is 1.04 bits per heavy atom. The predicted molar refractivity (Wildman–Crippen MR) is 106 cm³/mol. The Hall–Kier alpha value is -2.75. The Kier molecular flexibility index (Phi) is 7.75. The van der Waals surface area contributed by atoms with Crippen LogP contribution in [0.4, 0.5) is 0 Å². The molecule has 0 heterocycles. The summed E-state index contributed by atoms with van der Waals surface area (Å²) in [5.41, 5.74) is 4.38. The maximum atomic E-state index is 6.05. The van der Waals surface area contributed by atoms with Crippen molar-refractivity contribution in [2.24, 2.45) is 5.16 Å². The van der Waals surface area contributed by atoms with E-state index in [1.54, 1.807) is 6.21 Å². The van der Waals surface area contributed by atoms with Gasteiger partial charge in [0.1, 0.15) is 25.2 Å². The first-order valence-corrected chi connectivity index (χ1v) is 8.77. The highest BCUT2D eigenvalue weighted by molar-refractivity contribution is 5.79. The Labute approximate surface area is 156 Å². The van der Waals surface area contributed by atoms with Crippen LogP contribution in [0.15, 0.2) is 53.7 Å². The second-order valence-corrected chi connectivity index (χ2v) is 6.03. The molecule has 4 heteroatoms. The van der Waals surface area contributed by atoms with E-state index in [-0.39, 0.29) is 0 Å². The largest absolute Gasteiger partial charge is 0.493 e. The van der Waals surface area contributed by atoms with Gasteiger partial charge in [-0.15, -0.1) is 0 Å². The molecule has 0 N–H and O–H groups in total. The van der Waals surface area contributed by atoms with Gasteiger partial charge < -0.3 is 14.3 Å². The van der Waals surface area contributed by atoms with Crippen LogP contribution in [0.5, 0.6) is 11.5 Å². The first-order valence-electron chi connectivity index (χ1n) is 8.77. The maximum absolute atomic E-state index is 6.05. The van der Waals surface area contributed by atoms with Crippen molar-refractivity contribution in [1.29, 1.82) is 0 Å². The number of aryl methyl sites for hydroxylation is 2. The fourth-order valence-corrected chi connectivity index (χ4v) is 2.68. The summed E-state index contributed by atoms with van der Waals surface area (Å²) < 4.78 is 11.8. The van der Waals surface area contributed by atoms with E-state index in [4.69, 9.17) is 14.3 Å². The van der Waals surface area contributed by atoms with Crippen molar-refractivity contribution in [3.8, 4) is 11.5 Å². The predicted octanol–water partition coefficient (Wildman–Crippen LogP) is 4.86. The molecule has 0 spiro atoms. The summed E-state index contributed by atoms with van der Waals surface area (Å²) in [4.78, 5) is 4.72. The van der Waals surface area contributed by atoms with Crippen LogP contribution in [0, 0.1) is 13.8 Å².